The number of carbonyl (C=O) groups is 1. The van der Waals surface area contributed by atoms with Crippen molar-refractivity contribution in [1.29, 1.82) is 0 Å². The maximum absolute atomic E-state index is 11.6. The van der Waals surface area contributed by atoms with Crippen LogP contribution in [0.5, 0.6) is 0 Å². The Morgan fingerprint density at radius 2 is 1.91 bits per heavy atom. The summed E-state index contributed by atoms with van der Waals surface area (Å²) in [6, 6.07) is 8.40. The predicted molar refractivity (Wildman–Crippen MR) is 90.6 cm³/mol. The van der Waals surface area contributed by atoms with E-state index in [9.17, 15) is 4.79 Å². The van der Waals surface area contributed by atoms with Crippen molar-refractivity contribution in [2.45, 2.75) is 13.5 Å². The lowest BCUT2D eigenvalue weighted by atomic mass is 10.1. The summed E-state index contributed by atoms with van der Waals surface area (Å²) in [5, 5.41) is 1.12. The van der Waals surface area contributed by atoms with Crippen molar-refractivity contribution in [2.75, 3.05) is 39.8 Å². The fraction of sp³-hybridized carbons (Fsp3) is 0.471. The maximum atomic E-state index is 11.6. The van der Waals surface area contributed by atoms with Crippen molar-refractivity contribution < 1.29 is 9.53 Å². The molecule has 0 bridgehead atoms. The SMILES string of the molecule is CCN1CCN(Cc2ccc3cc(C(=O)OC)sc3c2)CC1. The van der Waals surface area contributed by atoms with Gasteiger partial charge in [-0.15, -0.1) is 11.3 Å². The second-order valence-electron chi connectivity index (χ2n) is 5.68. The summed E-state index contributed by atoms with van der Waals surface area (Å²) in [5.41, 5.74) is 1.32. The zero-order valence-corrected chi connectivity index (χ0v) is 14.0. The van der Waals surface area contributed by atoms with Gasteiger partial charge in [-0.25, -0.2) is 4.79 Å². The van der Waals surface area contributed by atoms with Crippen LogP contribution in [0, 0.1) is 0 Å². The number of esters is 1. The molecule has 3 rings (SSSR count). The van der Waals surface area contributed by atoms with Gasteiger partial charge in [0.2, 0.25) is 0 Å². The van der Waals surface area contributed by atoms with Crippen LogP contribution in [-0.4, -0.2) is 55.6 Å². The van der Waals surface area contributed by atoms with E-state index in [0.29, 0.717) is 4.88 Å². The second-order valence-corrected chi connectivity index (χ2v) is 6.77. The Balaban J connectivity index is 1.71. The lowest BCUT2D eigenvalue weighted by Gasteiger charge is -2.34. The van der Waals surface area contributed by atoms with Gasteiger partial charge in [0, 0.05) is 37.4 Å². The molecule has 0 N–H and O–H groups in total. The van der Waals surface area contributed by atoms with Gasteiger partial charge in [0.15, 0.2) is 0 Å². The summed E-state index contributed by atoms with van der Waals surface area (Å²) in [6.07, 6.45) is 0. The van der Waals surface area contributed by atoms with E-state index in [4.69, 9.17) is 4.74 Å². The quantitative estimate of drug-likeness (QED) is 0.812. The first-order valence-electron chi connectivity index (χ1n) is 7.75. The van der Waals surface area contributed by atoms with Crippen molar-refractivity contribution in [3.05, 3.63) is 34.7 Å². The molecule has 5 heteroatoms. The number of fused-ring (bicyclic) bond motifs is 1. The van der Waals surface area contributed by atoms with Crippen LogP contribution in [0.2, 0.25) is 0 Å². The Hall–Kier alpha value is -1.43. The summed E-state index contributed by atoms with van der Waals surface area (Å²) in [7, 11) is 1.42. The smallest absolute Gasteiger partial charge is 0.348 e. The Bertz CT molecular complexity index is 660. The maximum Gasteiger partial charge on any atom is 0.348 e. The van der Waals surface area contributed by atoms with Crippen LogP contribution >= 0.6 is 11.3 Å². The molecule has 118 valence electrons. The van der Waals surface area contributed by atoms with E-state index < -0.39 is 0 Å². The summed E-state index contributed by atoms with van der Waals surface area (Å²) in [6.45, 7) is 8.92. The summed E-state index contributed by atoms with van der Waals surface area (Å²) in [4.78, 5) is 17.3. The first-order valence-corrected chi connectivity index (χ1v) is 8.56. The van der Waals surface area contributed by atoms with Crippen molar-refractivity contribution in [1.82, 2.24) is 9.80 Å². The van der Waals surface area contributed by atoms with E-state index in [0.717, 1.165) is 49.4 Å². The highest BCUT2D eigenvalue weighted by Gasteiger charge is 2.16. The highest BCUT2D eigenvalue weighted by molar-refractivity contribution is 7.20. The van der Waals surface area contributed by atoms with Crippen molar-refractivity contribution in [2.24, 2.45) is 0 Å². The largest absolute Gasteiger partial charge is 0.465 e. The fourth-order valence-electron chi connectivity index (χ4n) is 2.90. The molecule has 1 aromatic carbocycles. The molecule has 1 saturated heterocycles. The normalized spacial score (nSPS) is 17.0. The van der Waals surface area contributed by atoms with E-state index in [-0.39, 0.29) is 5.97 Å². The van der Waals surface area contributed by atoms with Gasteiger partial charge >= 0.3 is 5.97 Å². The zero-order chi connectivity index (χ0) is 15.5. The average molecular weight is 318 g/mol. The number of piperazine rings is 1. The molecular formula is C17H22N2O2S. The molecule has 2 heterocycles. The van der Waals surface area contributed by atoms with Gasteiger partial charge in [-0.05, 0) is 29.6 Å². The Morgan fingerprint density at radius 1 is 1.18 bits per heavy atom. The van der Waals surface area contributed by atoms with E-state index in [1.807, 2.05) is 6.07 Å². The van der Waals surface area contributed by atoms with Crippen LogP contribution in [0.15, 0.2) is 24.3 Å². The topological polar surface area (TPSA) is 32.8 Å². The van der Waals surface area contributed by atoms with Crippen LogP contribution in [0.4, 0.5) is 0 Å². The number of rotatable bonds is 4. The van der Waals surface area contributed by atoms with Crippen LogP contribution in [0.1, 0.15) is 22.2 Å². The minimum atomic E-state index is -0.251. The third kappa shape index (κ3) is 3.32. The molecule has 22 heavy (non-hydrogen) atoms. The van der Waals surface area contributed by atoms with Gasteiger partial charge in [0.05, 0.1) is 7.11 Å². The van der Waals surface area contributed by atoms with Gasteiger partial charge < -0.3 is 9.64 Å². The minimum Gasteiger partial charge on any atom is -0.465 e. The van der Waals surface area contributed by atoms with Gasteiger partial charge in [0.1, 0.15) is 4.88 Å². The molecule has 1 aliphatic rings. The van der Waals surface area contributed by atoms with E-state index in [2.05, 4.69) is 34.9 Å². The van der Waals surface area contributed by atoms with E-state index >= 15 is 0 Å². The van der Waals surface area contributed by atoms with E-state index in [1.54, 1.807) is 0 Å². The average Bonchev–Trinajstić information content (AvgIpc) is 2.98. The molecule has 0 unspecified atom stereocenters. The fourth-order valence-corrected chi connectivity index (χ4v) is 3.94. The molecule has 1 aromatic heterocycles. The second kappa shape index (κ2) is 6.77. The van der Waals surface area contributed by atoms with Crippen molar-refractivity contribution in [3.63, 3.8) is 0 Å². The molecule has 0 aliphatic carbocycles. The molecule has 2 aromatic rings. The highest BCUT2D eigenvalue weighted by atomic mass is 32.1. The lowest BCUT2D eigenvalue weighted by Crippen LogP contribution is -2.45. The Kier molecular flexibility index (Phi) is 4.76. The number of nitrogens with zero attached hydrogens (tertiary/aromatic N) is 2. The van der Waals surface area contributed by atoms with Gasteiger partial charge in [-0.3, -0.25) is 4.90 Å². The first kappa shape index (κ1) is 15.5. The van der Waals surface area contributed by atoms with Gasteiger partial charge in [-0.1, -0.05) is 19.1 Å². The van der Waals surface area contributed by atoms with Gasteiger partial charge in [-0.2, -0.15) is 0 Å². The number of methoxy groups -OCH3 is 1. The molecule has 0 atom stereocenters. The van der Waals surface area contributed by atoms with Crippen molar-refractivity contribution in [3.8, 4) is 0 Å². The molecule has 0 spiro atoms. The molecule has 4 nitrogen and oxygen atoms in total. The number of hydrogen-bond donors (Lipinski definition) is 0. The standard InChI is InChI=1S/C17H22N2O2S/c1-3-18-6-8-19(9-7-18)12-13-4-5-14-11-16(17(20)21-2)22-15(14)10-13/h4-5,10-11H,3,6-9,12H2,1-2H3. The number of carbonyl (C=O) groups excluding carboxylic acids is 1. The Labute approximate surface area is 135 Å². The van der Waals surface area contributed by atoms with Gasteiger partial charge in [0.25, 0.3) is 0 Å². The first-order chi connectivity index (χ1) is 10.7. The number of hydrogen-bond acceptors (Lipinski definition) is 5. The van der Waals surface area contributed by atoms with Crippen LogP contribution in [0.25, 0.3) is 10.1 Å². The van der Waals surface area contributed by atoms with Crippen LogP contribution in [-0.2, 0) is 11.3 Å². The Morgan fingerprint density at radius 3 is 2.59 bits per heavy atom. The lowest BCUT2D eigenvalue weighted by molar-refractivity contribution is 0.0606. The highest BCUT2D eigenvalue weighted by Crippen LogP contribution is 2.27. The zero-order valence-electron chi connectivity index (χ0n) is 13.2. The summed E-state index contributed by atoms with van der Waals surface area (Å²) < 4.78 is 5.95. The minimum absolute atomic E-state index is 0.251. The van der Waals surface area contributed by atoms with Crippen molar-refractivity contribution >= 4 is 27.4 Å². The monoisotopic (exact) mass is 318 g/mol. The molecule has 1 aliphatic heterocycles. The van der Waals surface area contributed by atoms with Crippen LogP contribution < -0.4 is 0 Å². The summed E-state index contributed by atoms with van der Waals surface area (Å²) in [5.74, 6) is -0.251. The van der Waals surface area contributed by atoms with Crippen LogP contribution in [0.3, 0.4) is 0 Å². The third-order valence-corrected chi connectivity index (χ3v) is 5.37. The molecular weight excluding hydrogens is 296 g/mol. The van der Waals surface area contributed by atoms with E-state index in [1.165, 1.54) is 24.0 Å². The predicted octanol–water partition coefficient (Wildman–Crippen LogP) is 2.83. The summed E-state index contributed by atoms with van der Waals surface area (Å²) >= 11 is 1.51. The number of ether oxygens (including phenoxy) is 1. The molecule has 0 saturated carbocycles. The molecule has 0 amide bonds. The number of likely N-dealkylation sites (N-methyl/N-ethyl adjacent to an activating group) is 1. The third-order valence-electron chi connectivity index (χ3n) is 4.29. The number of thiophene rings is 1. The molecule has 1 fully saturated rings. The molecule has 0 radical (unpaired) electrons. The number of benzene rings is 1.